The standard InChI is InChI=1S/C16H32N4O2/c1-4-19(5-2)10-6-9-18-16(22)14-7-11-20(12-8-14)15(21)13-17-3/h14,17H,4-13H2,1-3H3,(H,18,22). The summed E-state index contributed by atoms with van der Waals surface area (Å²) in [5, 5.41) is 5.92. The Kier molecular flexibility index (Phi) is 9.08. The molecule has 0 spiro atoms. The van der Waals surface area contributed by atoms with Crippen molar-refractivity contribution in [2.45, 2.75) is 33.1 Å². The summed E-state index contributed by atoms with van der Waals surface area (Å²) in [5.41, 5.74) is 0. The minimum absolute atomic E-state index is 0.0621. The van der Waals surface area contributed by atoms with Crippen molar-refractivity contribution in [3.05, 3.63) is 0 Å². The zero-order valence-electron chi connectivity index (χ0n) is 14.4. The van der Waals surface area contributed by atoms with Gasteiger partial charge in [0.05, 0.1) is 6.54 Å². The summed E-state index contributed by atoms with van der Waals surface area (Å²) in [5.74, 6) is 0.341. The predicted octanol–water partition coefficient (Wildman–Crippen LogP) is 0.293. The zero-order valence-corrected chi connectivity index (χ0v) is 14.4. The Morgan fingerprint density at radius 2 is 1.82 bits per heavy atom. The molecular formula is C16H32N4O2. The van der Waals surface area contributed by atoms with Gasteiger partial charge in [-0.15, -0.1) is 0 Å². The van der Waals surface area contributed by atoms with Crippen LogP contribution in [0.15, 0.2) is 0 Å². The van der Waals surface area contributed by atoms with Gasteiger partial charge in [-0.2, -0.15) is 0 Å². The minimum Gasteiger partial charge on any atom is -0.356 e. The van der Waals surface area contributed by atoms with Crippen LogP contribution in [0.2, 0.25) is 0 Å². The highest BCUT2D eigenvalue weighted by Gasteiger charge is 2.26. The first-order chi connectivity index (χ1) is 10.6. The lowest BCUT2D eigenvalue weighted by atomic mass is 9.96. The van der Waals surface area contributed by atoms with Gasteiger partial charge in [-0.3, -0.25) is 9.59 Å². The van der Waals surface area contributed by atoms with Gasteiger partial charge < -0.3 is 20.4 Å². The number of hydrogen-bond donors (Lipinski definition) is 2. The first kappa shape index (κ1) is 18.9. The molecule has 0 aliphatic carbocycles. The van der Waals surface area contributed by atoms with Crippen LogP contribution in [0.25, 0.3) is 0 Å². The van der Waals surface area contributed by atoms with Crippen molar-refractivity contribution in [1.82, 2.24) is 20.4 Å². The number of nitrogens with zero attached hydrogens (tertiary/aromatic N) is 2. The monoisotopic (exact) mass is 312 g/mol. The Morgan fingerprint density at radius 3 is 2.36 bits per heavy atom. The number of carbonyl (C=O) groups excluding carboxylic acids is 2. The second kappa shape index (κ2) is 10.6. The average Bonchev–Trinajstić information content (AvgIpc) is 2.55. The van der Waals surface area contributed by atoms with Gasteiger partial charge in [0.25, 0.3) is 0 Å². The number of carbonyl (C=O) groups is 2. The Bertz CT molecular complexity index is 337. The van der Waals surface area contributed by atoms with E-state index in [1.54, 1.807) is 7.05 Å². The second-order valence-electron chi connectivity index (χ2n) is 5.86. The molecule has 6 heteroatoms. The Hall–Kier alpha value is -1.14. The molecule has 0 atom stereocenters. The molecule has 1 aliphatic heterocycles. The third kappa shape index (κ3) is 6.32. The highest BCUT2D eigenvalue weighted by Crippen LogP contribution is 2.17. The van der Waals surface area contributed by atoms with Crippen LogP contribution in [0.5, 0.6) is 0 Å². The van der Waals surface area contributed by atoms with Crippen LogP contribution in [0, 0.1) is 5.92 Å². The fraction of sp³-hybridized carbons (Fsp3) is 0.875. The molecule has 128 valence electrons. The molecule has 0 aromatic carbocycles. The maximum atomic E-state index is 12.1. The number of amides is 2. The Labute approximate surface area is 134 Å². The fourth-order valence-corrected chi connectivity index (χ4v) is 2.85. The minimum atomic E-state index is 0.0621. The summed E-state index contributed by atoms with van der Waals surface area (Å²) in [4.78, 5) is 28.1. The Morgan fingerprint density at radius 1 is 1.18 bits per heavy atom. The quantitative estimate of drug-likeness (QED) is 0.601. The van der Waals surface area contributed by atoms with Crippen molar-refractivity contribution in [2.75, 3.05) is 52.9 Å². The van der Waals surface area contributed by atoms with Crippen LogP contribution in [0.4, 0.5) is 0 Å². The number of likely N-dealkylation sites (tertiary alicyclic amines) is 1. The van der Waals surface area contributed by atoms with Crippen molar-refractivity contribution in [2.24, 2.45) is 5.92 Å². The van der Waals surface area contributed by atoms with Gasteiger partial charge in [0.15, 0.2) is 0 Å². The Balaban J connectivity index is 2.18. The van der Waals surface area contributed by atoms with Gasteiger partial charge in [0.2, 0.25) is 11.8 Å². The molecule has 2 amide bonds. The molecule has 0 saturated carbocycles. The van der Waals surface area contributed by atoms with Crippen molar-refractivity contribution in [3.63, 3.8) is 0 Å². The molecule has 1 saturated heterocycles. The van der Waals surface area contributed by atoms with E-state index in [-0.39, 0.29) is 17.7 Å². The predicted molar refractivity (Wildman–Crippen MR) is 88.6 cm³/mol. The molecule has 0 unspecified atom stereocenters. The van der Waals surface area contributed by atoms with Crippen molar-refractivity contribution in [1.29, 1.82) is 0 Å². The van der Waals surface area contributed by atoms with Crippen LogP contribution < -0.4 is 10.6 Å². The van der Waals surface area contributed by atoms with E-state index in [2.05, 4.69) is 29.4 Å². The summed E-state index contributed by atoms with van der Waals surface area (Å²) < 4.78 is 0. The lowest BCUT2D eigenvalue weighted by Gasteiger charge is -2.31. The molecular weight excluding hydrogens is 280 g/mol. The van der Waals surface area contributed by atoms with E-state index in [0.29, 0.717) is 19.6 Å². The van der Waals surface area contributed by atoms with Gasteiger partial charge >= 0.3 is 0 Å². The molecule has 0 aromatic heterocycles. The molecule has 0 radical (unpaired) electrons. The zero-order chi connectivity index (χ0) is 16.4. The third-order valence-corrected chi connectivity index (χ3v) is 4.39. The maximum Gasteiger partial charge on any atom is 0.236 e. The summed E-state index contributed by atoms with van der Waals surface area (Å²) >= 11 is 0. The van der Waals surface area contributed by atoms with Crippen LogP contribution in [-0.4, -0.2) is 74.5 Å². The van der Waals surface area contributed by atoms with Gasteiger partial charge in [-0.05, 0) is 45.9 Å². The van der Waals surface area contributed by atoms with Gasteiger partial charge in [0, 0.05) is 25.6 Å². The number of likely N-dealkylation sites (N-methyl/N-ethyl adjacent to an activating group) is 1. The van der Waals surface area contributed by atoms with E-state index in [4.69, 9.17) is 0 Å². The molecule has 6 nitrogen and oxygen atoms in total. The topological polar surface area (TPSA) is 64.7 Å². The molecule has 1 aliphatic rings. The van der Waals surface area contributed by atoms with Crippen molar-refractivity contribution >= 4 is 11.8 Å². The normalized spacial score (nSPS) is 16.1. The van der Waals surface area contributed by atoms with Gasteiger partial charge in [-0.25, -0.2) is 0 Å². The second-order valence-corrected chi connectivity index (χ2v) is 5.86. The lowest BCUT2D eigenvalue weighted by molar-refractivity contribution is -0.134. The van der Waals surface area contributed by atoms with Crippen molar-refractivity contribution in [3.8, 4) is 0 Å². The molecule has 0 bridgehead atoms. The van der Waals surface area contributed by atoms with Crippen molar-refractivity contribution < 1.29 is 9.59 Å². The summed E-state index contributed by atoms with van der Waals surface area (Å²) in [7, 11) is 1.77. The van der Waals surface area contributed by atoms with Crippen LogP contribution >= 0.6 is 0 Å². The van der Waals surface area contributed by atoms with E-state index in [0.717, 1.165) is 45.4 Å². The summed E-state index contributed by atoms with van der Waals surface area (Å²) in [6.07, 6.45) is 2.54. The number of nitrogens with one attached hydrogen (secondary N) is 2. The number of hydrogen-bond acceptors (Lipinski definition) is 4. The third-order valence-electron chi connectivity index (χ3n) is 4.39. The average molecular weight is 312 g/mol. The first-order valence-corrected chi connectivity index (χ1v) is 8.54. The maximum absolute atomic E-state index is 12.1. The van der Waals surface area contributed by atoms with E-state index in [1.807, 2.05) is 4.90 Å². The molecule has 22 heavy (non-hydrogen) atoms. The molecule has 2 N–H and O–H groups in total. The molecule has 1 fully saturated rings. The van der Waals surface area contributed by atoms with Gasteiger partial charge in [0.1, 0.15) is 0 Å². The summed E-state index contributed by atoms with van der Waals surface area (Å²) in [6, 6.07) is 0. The smallest absolute Gasteiger partial charge is 0.236 e. The van der Waals surface area contributed by atoms with E-state index < -0.39 is 0 Å². The van der Waals surface area contributed by atoms with E-state index in [1.165, 1.54) is 0 Å². The first-order valence-electron chi connectivity index (χ1n) is 8.54. The SMILES string of the molecule is CCN(CC)CCCNC(=O)C1CCN(C(=O)CNC)CC1. The molecule has 1 heterocycles. The lowest BCUT2D eigenvalue weighted by Crippen LogP contribution is -2.45. The summed E-state index contributed by atoms with van der Waals surface area (Å²) in [6.45, 7) is 9.97. The molecule has 1 rings (SSSR count). The number of rotatable bonds is 9. The van der Waals surface area contributed by atoms with Gasteiger partial charge in [-0.1, -0.05) is 13.8 Å². The highest BCUT2D eigenvalue weighted by molar-refractivity contribution is 5.80. The van der Waals surface area contributed by atoms with E-state index >= 15 is 0 Å². The van der Waals surface area contributed by atoms with Crippen LogP contribution in [-0.2, 0) is 9.59 Å². The largest absolute Gasteiger partial charge is 0.356 e. The highest BCUT2D eigenvalue weighted by atomic mass is 16.2. The molecule has 0 aromatic rings. The van der Waals surface area contributed by atoms with Crippen LogP contribution in [0.3, 0.4) is 0 Å². The van der Waals surface area contributed by atoms with Crippen LogP contribution in [0.1, 0.15) is 33.1 Å². The number of piperidine rings is 1. The van der Waals surface area contributed by atoms with E-state index in [9.17, 15) is 9.59 Å². The fourth-order valence-electron chi connectivity index (χ4n) is 2.85.